The highest BCUT2D eigenvalue weighted by atomic mass is 79.9. The van der Waals surface area contributed by atoms with Crippen LogP contribution in [-0.4, -0.2) is 57.3 Å². The Morgan fingerprint density at radius 2 is 1.95 bits per heavy atom. The Kier molecular flexibility index (Phi) is 7.12. The van der Waals surface area contributed by atoms with Crippen LogP contribution in [0.2, 0.25) is 0 Å². The van der Waals surface area contributed by atoms with Crippen LogP contribution < -0.4 is 16.1 Å². The predicted molar refractivity (Wildman–Crippen MR) is 149 cm³/mol. The quantitative estimate of drug-likeness (QED) is 0.322. The molecule has 4 aromatic rings. The SMILES string of the molecule is Nc1ncnc2nc(-c3nccnc3N3CC=C(NOC4CCOCC4)CC3)cc(-c3cccc(Br)c3)c12. The van der Waals surface area contributed by atoms with Crippen molar-refractivity contribution in [1.82, 2.24) is 30.4 Å². The van der Waals surface area contributed by atoms with Crippen molar-refractivity contribution in [3.63, 3.8) is 0 Å². The van der Waals surface area contributed by atoms with Gasteiger partial charge in [-0.25, -0.2) is 24.9 Å². The highest BCUT2D eigenvalue weighted by molar-refractivity contribution is 9.10. The van der Waals surface area contributed by atoms with E-state index in [1.807, 2.05) is 30.3 Å². The number of hydrogen-bond donors (Lipinski definition) is 2. The van der Waals surface area contributed by atoms with Crippen molar-refractivity contribution < 1.29 is 9.57 Å². The third kappa shape index (κ3) is 5.17. The van der Waals surface area contributed by atoms with Crippen molar-refractivity contribution in [1.29, 1.82) is 0 Å². The number of aromatic nitrogens is 5. The number of anilines is 2. The summed E-state index contributed by atoms with van der Waals surface area (Å²) >= 11 is 3.58. The summed E-state index contributed by atoms with van der Waals surface area (Å²) < 4.78 is 6.37. The number of pyridine rings is 1. The summed E-state index contributed by atoms with van der Waals surface area (Å²) in [5.74, 6) is 1.15. The van der Waals surface area contributed by atoms with Gasteiger partial charge in [-0.1, -0.05) is 28.1 Å². The third-order valence-corrected chi connectivity index (χ3v) is 7.22. The number of hydroxylamine groups is 1. The van der Waals surface area contributed by atoms with Crippen LogP contribution in [-0.2, 0) is 9.57 Å². The van der Waals surface area contributed by atoms with Gasteiger partial charge in [-0.15, -0.1) is 0 Å². The molecule has 11 heteroatoms. The summed E-state index contributed by atoms with van der Waals surface area (Å²) in [4.78, 5) is 31.0. The molecular formula is C27H27BrN8O2. The molecule has 0 bridgehead atoms. The molecule has 0 saturated carbocycles. The molecular weight excluding hydrogens is 548 g/mol. The van der Waals surface area contributed by atoms with E-state index in [9.17, 15) is 0 Å². The predicted octanol–water partition coefficient (Wildman–Crippen LogP) is 4.29. The summed E-state index contributed by atoms with van der Waals surface area (Å²) in [6.07, 6.45) is 9.77. The van der Waals surface area contributed by atoms with Crippen LogP contribution >= 0.6 is 15.9 Å². The average molecular weight is 575 g/mol. The largest absolute Gasteiger partial charge is 0.383 e. The summed E-state index contributed by atoms with van der Waals surface area (Å²) in [6.45, 7) is 2.94. The van der Waals surface area contributed by atoms with Crippen molar-refractivity contribution in [2.45, 2.75) is 25.4 Å². The fourth-order valence-corrected chi connectivity index (χ4v) is 5.14. The van der Waals surface area contributed by atoms with E-state index in [0.717, 1.165) is 66.1 Å². The molecule has 0 atom stereocenters. The molecule has 1 fully saturated rings. The maximum absolute atomic E-state index is 6.29. The van der Waals surface area contributed by atoms with E-state index >= 15 is 0 Å². The minimum Gasteiger partial charge on any atom is -0.383 e. The zero-order valence-electron chi connectivity index (χ0n) is 20.7. The monoisotopic (exact) mass is 574 g/mol. The lowest BCUT2D eigenvalue weighted by Crippen LogP contribution is -2.35. The van der Waals surface area contributed by atoms with Crippen molar-refractivity contribution in [2.24, 2.45) is 0 Å². The number of fused-ring (bicyclic) bond motifs is 1. The lowest BCUT2D eigenvalue weighted by atomic mass is 10.0. The number of halogens is 1. The first-order valence-electron chi connectivity index (χ1n) is 12.6. The zero-order chi connectivity index (χ0) is 25.9. The Morgan fingerprint density at radius 3 is 2.76 bits per heavy atom. The molecule has 2 aliphatic rings. The van der Waals surface area contributed by atoms with Gasteiger partial charge < -0.3 is 15.4 Å². The first kappa shape index (κ1) is 24.7. The van der Waals surface area contributed by atoms with Crippen LogP contribution in [0.15, 0.2) is 65.3 Å². The maximum Gasteiger partial charge on any atom is 0.165 e. The van der Waals surface area contributed by atoms with E-state index in [0.29, 0.717) is 34.8 Å². The van der Waals surface area contributed by atoms with Crippen molar-refractivity contribution in [2.75, 3.05) is 36.9 Å². The minimum absolute atomic E-state index is 0.186. The molecule has 2 aliphatic heterocycles. The zero-order valence-corrected chi connectivity index (χ0v) is 22.3. The Hall–Kier alpha value is -3.67. The molecule has 10 nitrogen and oxygen atoms in total. The highest BCUT2D eigenvalue weighted by Gasteiger charge is 2.22. The van der Waals surface area contributed by atoms with Gasteiger partial charge in [0, 0.05) is 55.3 Å². The molecule has 38 heavy (non-hydrogen) atoms. The standard InChI is InChI=1S/C27H27BrN8O2/c28-18-3-1-2-17(14-18)21-15-22(34-26-23(21)25(29)32-16-33-26)24-27(31-9-8-30-24)36-10-4-19(5-11-36)35-38-20-6-12-37-13-7-20/h1-4,8-9,14-16,20,35H,5-7,10-13H2,(H2,29,32,33,34). The van der Waals surface area contributed by atoms with Gasteiger partial charge in [0.05, 0.1) is 17.2 Å². The number of hydrogen-bond acceptors (Lipinski definition) is 10. The summed E-state index contributed by atoms with van der Waals surface area (Å²) in [5.41, 5.74) is 14.3. The second kappa shape index (κ2) is 11.0. The molecule has 1 saturated heterocycles. The van der Waals surface area contributed by atoms with Gasteiger partial charge in [-0.2, -0.15) is 0 Å². The van der Waals surface area contributed by atoms with Crippen molar-refractivity contribution >= 4 is 38.6 Å². The van der Waals surface area contributed by atoms with Crippen molar-refractivity contribution in [3.05, 3.63) is 65.3 Å². The van der Waals surface area contributed by atoms with Crippen LogP contribution in [0.1, 0.15) is 19.3 Å². The number of nitrogen functional groups attached to an aromatic ring is 1. The number of nitrogens with two attached hydrogens (primary N) is 1. The van der Waals surface area contributed by atoms with Crippen LogP contribution in [0, 0.1) is 0 Å². The Balaban J connectivity index is 1.32. The number of ether oxygens (including phenoxy) is 1. The Labute approximate surface area is 228 Å². The molecule has 0 radical (unpaired) electrons. The summed E-state index contributed by atoms with van der Waals surface area (Å²) in [5, 5.41) is 0.709. The van der Waals surface area contributed by atoms with E-state index in [1.54, 1.807) is 12.4 Å². The molecule has 0 unspecified atom stereocenters. The first-order chi connectivity index (χ1) is 18.7. The third-order valence-electron chi connectivity index (χ3n) is 6.72. The van der Waals surface area contributed by atoms with Gasteiger partial charge in [0.1, 0.15) is 17.8 Å². The van der Waals surface area contributed by atoms with Gasteiger partial charge in [0.2, 0.25) is 0 Å². The van der Waals surface area contributed by atoms with Gasteiger partial charge >= 0.3 is 0 Å². The topological polar surface area (TPSA) is 124 Å². The van der Waals surface area contributed by atoms with Gasteiger partial charge in [-0.3, -0.25) is 10.3 Å². The number of benzene rings is 1. The fourth-order valence-electron chi connectivity index (χ4n) is 4.74. The van der Waals surface area contributed by atoms with Gasteiger partial charge in [0.15, 0.2) is 11.5 Å². The van der Waals surface area contributed by atoms with Crippen LogP contribution in [0.3, 0.4) is 0 Å². The fraction of sp³-hybridized carbons (Fsp3) is 0.296. The van der Waals surface area contributed by atoms with E-state index in [4.69, 9.17) is 30.3 Å². The molecule has 3 aromatic heterocycles. The Bertz CT molecular complexity index is 1490. The molecule has 5 heterocycles. The lowest BCUT2D eigenvalue weighted by Gasteiger charge is -2.30. The van der Waals surface area contributed by atoms with Gasteiger partial charge in [-0.05, 0) is 48.2 Å². The van der Waals surface area contributed by atoms with E-state index in [-0.39, 0.29) is 6.10 Å². The highest BCUT2D eigenvalue weighted by Crippen LogP contribution is 2.36. The molecule has 3 N–H and O–H groups in total. The molecule has 0 aliphatic carbocycles. The van der Waals surface area contributed by atoms with Crippen LogP contribution in [0.4, 0.5) is 11.6 Å². The minimum atomic E-state index is 0.186. The lowest BCUT2D eigenvalue weighted by molar-refractivity contribution is -0.0681. The molecule has 1 aromatic carbocycles. The van der Waals surface area contributed by atoms with E-state index in [1.165, 1.54) is 6.33 Å². The average Bonchev–Trinajstić information content (AvgIpc) is 2.96. The number of nitrogens with one attached hydrogen (secondary N) is 1. The molecule has 0 amide bonds. The van der Waals surface area contributed by atoms with E-state index in [2.05, 4.69) is 42.4 Å². The first-order valence-corrected chi connectivity index (χ1v) is 13.4. The van der Waals surface area contributed by atoms with E-state index < -0.39 is 0 Å². The molecule has 194 valence electrons. The number of rotatable bonds is 6. The second-order valence-electron chi connectivity index (χ2n) is 9.21. The second-order valence-corrected chi connectivity index (χ2v) is 10.1. The molecule has 6 rings (SSSR count). The van der Waals surface area contributed by atoms with Gasteiger partial charge in [0.25, 0.3) is 0 Å². The normalized spacial score (nSPS) is 16.4. The molecule has 0 spiro atoms. The van der Waals surface area contributed by atoms with Crippen LogP contribution in [0.25, 0.3) is 33.5 Å². The Morgan fingerprint density at radius 1 is 1.08 bits per heavy atom. The maximum atomic E-state index is 6.29. The smallest absolute Gasteiger partial charge is 0.165 e. The number of nitrogens with zero attached hydrogens (tertiary/aromatic N) is 6. The summed E-state index contributed by atoms with van der Waals surface area (Å²) in [7, 11) is 0. The summed E-state index contributed by atoms with van der Waals surface area (Å²) in [6, 6.07) is 10.0. The van der Waals surface area contributed by atoms with Crippen LogP contribution in [0.5, 0.6) is 0 Å². The van der Waals surface area contributed by atoms with Crippen molar-refractivity contribution in [3.8, 4) is 22.5 Å².